The van der Waals surface area contributed by atoms with E-state index in [0.717, 1.165) is 30.4 Å². The van der Waals surface area contributed by atoms with E-state index in [2.05, 4.69) is 52.0 Å². The van der Waals surface area contributed by atoms with Crippen molar-refractivity contribution in [2.24, 2.45) is 0 Å². The molecule has 0 aliphatic carbocycles. The van der Waals surface area contributed by atoms with Gasteiger partial charge in [0.1, 0.15) is 0 Å². The average molecular weight is 284 g/mol. The Hall–Kier alpha value is -0.380. The summed E-state index contributed by atoms with van der Waals surface area (Å²) < 4.78 is 1.13. The van der Waals surface area contributed by atoms with Crippen molar-refractivity contribution >= 4 is 15.9 Å². The summed E-state index contributed by atoms with van der Waals surface area (Å²) in [5.74, 6) is 0. The Labute approximate surface area is 105 Å². The van der Waals surface area contributed by atoms with Gasteiger partial charge in [-0.25, -0.2) is 0 Å². The third-order valence-corrected chi connectivity index (χ3v) is 3.87. The number of hydrogen-bond acceptors (Lipinski definition) is 2. The fraction of sp³-hybridized carbons (Fsp3) is 0.538. The summed E-state index contributed by atoms with van der Waals surface area (Å²) in [5, 5.41) is 9.49. The summed E-state index contributed by atoms with van der Waals surface area (Å²) in [6.45, 7) is 4.23. The number of aliphatic hydroxyl groups excluding tert-OH is 1. The van der Waals surface area contributed by atoms with E-state index >= 15 is 0 Å². The second-order valence-electron chi connectivity index (χ2n) is 4.50. The maximum Gasteiger partial charge on any atom is 0.0564 e. The summed E-state index contributed by atoms with van der Waals surface area (Å²) >= 11 is 3.51. The molecule has 0 aromatic heterocycles. The van der Waals surface area contributed by atoms with Crippen molar-refractivity contribution in [2.45, 2.75) is 31.9 Å². The molecule has 0 bridgehead atoms. The van der Waals surface area contributed by atoms with Gasteiger partial charge in [0.2, 0.25) is 0 Å². The Morgan fingerprint density at radius 1 is 1.38 bits per heavy atom. The highest BCUT2D eigenvalue weighted by Crippen LogP contribution is 2.25. The Morgan fingerprint density at radius 2 is 2.06 bits per heavy atom. The Morgan fingerprint density at radius 3 is 2.69 bits per heavy atom. The van der Waals surface area contributed by atoms with Crippen LogP contribution < -0.4 is 0 Å². The molecule has 1 aliphatic heterocycles. The highest BCUT2D eigenvalue weighted by Gasteiger charge is 2.22. The fourth-order valence-corrected chi connectivity index (χ4v) is 2.67. The van der Waals surface area contributed by atoms with Crippen molar-refractivity contribution in [1.29, 1.82) is 0 Å². The molecule has 3 heteroatoms. The molecule has 2 rings (SSSR count). The molecule has 0 radical (unpaired) electrons. The van der Waals surface area contributed by atoms with E-state index in [0.29, 0.717) is 6.04 Å². The van der Waals surface area contributed by atoms with Crippen molar-refractivity contribution in [2.75, 3.05) is 13.1 Å². The standard InChI is InChI=1S/C13H18BrNO/c1-10(11-3-2-4-12(14)9-11)15-7-5-13(16)6-8-15/h2-4,9-10,13,16H,5-8H2,1H3. The number of piperidine rings is 1. The van der Waals surface area contributed by atoms with E-state index in [-0.39, 0.29) is 6.10 Å². The molecule has 1 aliphatic rings. The molecule has 1 heterocycles. The van der Waals surface area contributed by atoms with E-state index in [1.54, 1.807) is 0 Å². The lowest BCUT2D eigenvalue weighted by Crippen LogP contribution is -2.37. The van der Waals surface area contributed by atoms with E-state index in [1.807, 2.05) is 0 Å². The molecule has 1 saturated heterocycles. The third kappa shape index (κ3) is 2.84. The minimum Gasteiger partial charge on any atom is -0.393 e. The van der Waals surface area contributed by atoms with Crippen LogP contribution in [0.25, 0.3) is 0 Å². The molecule has 0 amide bonds. The Bertz CT molecular complexity index is 348. The Balaban J connectivity index is 2.04. The lowest BCUT2D eigenvalue weighted by molar-refractivity contribution is 0.0645. The molecule has 0 spiro atoms. The van der Waals surface area contributed by atoms with Gasteiger partial charge in [-0.05, 0) is 37.5 Å². The molecule has 16 heavy (non-hydrogen) atoms. The lowest BCUT2D eigenvalue weighted by atomic mass is 10.0. The third-order valence-electron chi connectivity index (χ3n) is 3.38. The highest BCUT2D eigenvalue weighted by atomic mass is 79.9. The first kappa shape index (κ1) is 12.1. The zero-order valence-corrected chi connectivity index (χ0v) is 11.2. The van der Waals surface area contributed by atoms with Crippen LogP contribution in [-0.4, -0.2) is 29.2 Å². The molecular weight excluding hydrogens is 266 g/mol. The average Bonchev–Trinajstić information content (AvgIpc) is 2.29. The van der Waals surface area contributed by atoms with Gasteiger partial charge in [0.05, 0.1) is 6.10 Å². The quantitative estimate of drug-likeness (QED) is 0.902. The SMILES string of the molecule is CC(c1cccc(Br)c1)N1CCC(O)CC1. The van der Waals surface area contributed by atoms with Gasteiger partial charge in [-0.3, -0.25) is 4.90 Å². The normalized spacial score (nSPS) is 20.9. The minimum absolute atomic E-state index is 0.0917. The van der Waals surface area contributed by atoms with Crippen LogP contribution in [0.4, 0.5) is 0 Å². The van der Waals surface area contributed by atoms with Crippen molar-refractivity contribution in [1.82, 2.24) is 4.90 Å². The van der Waals surface area contributed by atoms with Gasteiger partial charge in [0, 0.05) is 23.6 Å². The molecule has 1 N–H and O–H groups in total. The molecule has 1 fully saturated rings. The minimum atomic E-state index is -0.0917. The largest absolute Gasteiger partial charge is 0.393 e. The number of aliphatic hydroxyl groups is 1. The van der Waals surface area contributed by atoms with Gasteiger partial charge >= 0.3 is 0 Å². The van der Waals surface area contributed by atoms with Crippen LogP contribution in [0.3, 0.4) is 0 Å². The predicted octanol–water partition coefficient (Wildman–Crippen LogP) is 2.97. The van der Waals surface area contributed by atoms with E-state index < -0.39 is 0 Å². The zero-order valence-electron chi connectivity index (χ0n) is 9.56. The monoisotopic (exact) mass is 283 g/mol. The number of halogens is 1. The van der Waals surface area contributed by atoms with Crippen LogP contribution in [0.15, 0.2) is 28.7 Å². The highest BCUT2D eigenvalue weighted by molar-refractivity contribution is 9.10. The van der Waals surface area contributed by atoms with Crippen LogP contribution in [0.1, 0.15) is 31.4 Å². The fourth-order valence-electron chi connectivity index (χ4n) is 2.25. The maximum atomic E-state index is 9.49. The molecule has 1 aromatic carbocycles. The molecule has 1 unspecified atom stereocenters. The van der Waals surface area contributed by atoms with Gasteiger partial charge < -0.3 is 5.11 Å². The van der Waals surface area contributed by atoms with Gasteiger partial charge in [0.25, 0.3) is 0 Å². The number of likely N-dealkylation sites (tertiary alicyclic amines) is 1. The number of benzene rings is 1. The van der Waals surface area contributed by atoms with Crippen LogP contribution in [0, 0.1) is 0 Å². The smallest absolute Gasteiger partial charge is 0.0564 e. The predicted molar refractivity (Wildman–Crippen MR) is 69.4 cm³/mol. The Kier molecular flexibility index (Phi) is 4.00. The lowest BCUT2D eigenvalue weighted by Gasteiger charge is -2.34. The first-order valence-electron chi connectivity index (χ1n) is 5.84. The van der Waals surface area contributed by atoms with Crippen molar-refractivity contribution in [3.8, 4) is 0 Å². The van der Waals surface area contributed by atoms with Gasteiger partial charge in [0.15, 0.2) is 0 Å². The van der Waals surface area contributed by atoms with Crippen molar-refractivity contribution in [3.05, 3.63) is 34.3 Å². The van der Waals surface area contributed by atoms with Crippen LogP contribution in [0.5, 0.6) is 0 Å². The van der Waals surface area contributed by atoms with Gasteiger partial charge in [-0.15, -0.1) is 0 Å². The summed E-state index contributed by atoms with van der Waals surface area (Å²) in [6, 6.07) is 8.91. The molecule has 0 saturated carbocycles. The van der Waals surface area contributed by atoms with Crippen LogP contribution >= 0.6 is 15.9 Å². The summed E-state index contributed by atoms with van der Waals surface area (Å²) in [4.78, 5) is 2.44. The summed E-state index contributed by atoms with van der Waals surface area (Å²) in [7, 11) is 0. The number of hydrogen-bond donors (Lipinski definition) is 1. The maximum absolute atomic E-state index is 9.49. The second-order valence-corrected chi connectivity index (χ2v) is 5.41. The molecule has 1 aromatic rings. The van der Waals surface area contributed by atoms with Crippen LogP contribution in [-0.2, 0) is 0 Å². The van der Waals surface area contributed by atoms with E-state index in [1.165, 1.54) is 5.56 Å². The first-order chi connectivity index (χ1) is 7.66. The van der Waals surface area contributed by atoms with Crippen LogP contribution in [0.2, 0.25) is 0 Å². The van der Waals surface area contributed by atoms with E-state index in [4.69, 9.17) is 0 Å². The molecule has 88 valence electrons. The van der Waals surface area contributed by atoms with E-state index in [9.17, 15) is 5.11 Å². The summed E-state index contributed by atoms with van der Waals surface area (Å²) in [6.07, 6.45) is 1.71. The topological polar surface area (TPSA) is 23.5 Å². The van der Waals surface area contributed by atoms with Crippen molar-refractivity contribution < 1.29 is 5.11 Å². The summed E-state index contributed by atoms with van der Waals surface area (Å²) in [5.41, 5.74) is 1.34. The van der Waals surface area contributed by atoms with Gasteiger partial charge in [-0.1, -0.05) is 28.1 Å². The second kappa shape index (κ2) is 5.30. The molecular formula is C13H18BrNO. The number of rotatable bonds is 2. The zero-order chi connectivity index (χ0) is 11.5. The van der Waals surface area contributed by atoms with Crippen molar-refractivity contribution in [3.63, 3.8) is 0 Å². The first-order valence-corrected chi connectivity index (χ1v) is 6.63. The molecule has 1 atom stereocenters. The molecule has 2 nitrogen and oxygen atoms in total. The number of nitrogens with zero attached hydrogens (tertiary/aromatic N) is 1. The van der Waals surface area contributed by atoms with Gasteiger partial charge in [-0.2, -0.15) is 0 Å².